The molecule has 1 saturated heterocycles. The highest BCUT2D eigenvalue weighted by atomic mass is 16.5. The zero-order valence-electron chi connectivity index (χ0n) is 11.6. The fourth-order valence-electron chi connectivity index (χ4n) is 2.52. The number of nitrogens with two attached hydrogens (primary N) is 1. The molecule has 1 heterocycles. The first-order valence-electron chi connectivity index (χ1n) is 7.07. The van der Waals surface area contributed by atoms with E-state index in [9.17, 15) is 0 Å². The number of rotatable bonds is 3. The predicted octanol–water partition coefficient (Wildman–Crippen LogP) is 2.70. The molecular weight excluding hydrogens is 248 g/mol. The standard InChI is InChI=1S/C17H20N2O/c18-16-5-1-14(2-6-16)13-15-3-7-17(8-4-15)19-9-11-20-12-10-19/h1-8H,9-13,18H2. The zero-order chi connectivity index (χ0) is 13.8. The van der Waals surface area contributed by atoms with Crippen molar-refractivity contribution in [3.05, 3.63) is 59.7 Å². The third-order valence-corrected chi connectivity index (χ3v) is 3.70. The van der Waals surface area contributed by atoms with E-state index in [1.807, 2.05) is 12.1 Å². The molecule has 0 spiro atoms. The molecule has 0 amide bonds. The lowest BCUT2D eigenvalue weighted by Crippen LogP contribution is -2.36. The van der Waals surface area contributed by atoms with E-state index in [2.05, 4.69) is 41.3 Å². The van der Waals surface area contributed by atoms with Crippen molar-refractivity contribution >= 4 is 11.4 Å². The molecule has 1 fully saturated rings. The number of benzene rings is 2. The highest BCUT2D eigenvalue weighted by molar-refractivity contribution is 5.49. The van der Waals surface area contributed by atoms with E-state index in [0.717, 1.165) is 38.4 Å². The lowest BCUT2D eigenvalue weighted by atomic mass is 10.0. The van der Waals surface area contributed by atoms with Gasteiger partial charge in [-0.2, -0.15) is 0 Å². The maximum Gasteiger partial charge on any atom is 0.0642 e. The van der Waals surface area contributed by atoms with Crippen LogP contribution in [0, 0.1) is 0 Å². The molecule has 0 atom stereocenters. The molecule has 2 aromatic carbocycles. The van der Waals surface area contributed by atoms with Crippen molar-refractivity contribution < 1.29 is 4.74 Å². The topological polar surface area (TPSA) is 38.5 Å². The van der Waals surface area contributed by atoms with Gasteiger partial charge in [0.15, 0.2) is 0 Å². The van der Waals surface area contributed by atoms with Crippen molar-refractivity contribution in [1.29, 1.82) is 0 Å². The molecule has 1 aliphatic rings. The van der Waals surface area contributed by atoms with E-state index in [1.54, 1.807) is 0 Å². The van der Waals surface area contributed by atoms with E-state index >= 15 is 0 Å². The molecular formula is C17H20N2O. The molecule has 1 aliphatic heterocycles. The van der Waals surface area contributed by atoms with Gasteiger partial charge in [0.1, 0.15) is 0 Å². The SMILES string of the molecule is Nc1ccc(Cc2ccc(N3CCOCC3)cc2)cc1. The molecule has 3 heteroatoms. The van der Waals surface area contributed by atoms with Gasteiger partial charge in [0, 0.05) is 24.5 Å². The average molecular weight is 268 g/mol. The molecule has 0 saturated carbocycles. The molecule has 20 heavy (non-hydrogen) atoms. The summed E-state index contributed by atoms with van der Waals surface area (Å²) in [6.07, 6.45) is 0.948. The summed E-state index contributed by atoms with van der Waals surface area (Å²) in [6, 6.07) is 16.9. The Morgan fingerprint density at radius 3 is 2.00 bits per heavy atom. The second kappa shape index (κ2) is 5.97. The number of ether oxygens (including phenoxy) is 1. The van der Waals surface area contributed by atoms with Crippen molar-refractivity contribution in [3.63, 3.8) is 0 Å². The second-order valence-corrected chi connectivity index (χ2v) is 5.18. The number of morpholine rings is 1. The number of hydrogen-bond acceptors (Lipinski definition) is 3. The van der Waals surface area contributed by atoms with Gasteiger partial charge in [-0.05, 0) is 41.8 Å². The normalized spacial score (nSPS) is 15.3. The van der Waals surface area contributed by atoms with Gasteiger partial charge in [-0.3, -0.25) is 0 Å². The van der Waals surface area contributed by atoms with Gasteiger partial charge in [-0.1, -0.05) is 24.3 Å². The molecule has 0 aromatic heterocycles. The van der Waals surface area contributed by atoms with Gasteiger partial charge in [0.25, 0.3) is 0 Å². The van der Waals surface area contributed by atoms with Gasteiger partial charge >= 0.3 is 0 Å². The van der Waals surface area contributed by atoms with E-state index in [1.165, 1.54) is 16.8 Å². The van der Waals surface area contributed by atoms with E-state index in [4.69, 9.17) is 10.5 Å². The highest BCUT2D eigenvalue weighted by Crippen LogP contribution is 2.18. The first kappa shape index (κ1) is 13.0. The Balaban J connectivity index is 1.67. The molecule has 104 valence electrons. The van der Waals surface area contributed by atoms with Crippen LogP contribution in [-0.2, 0) is 11.2 Å². The third-order valence-electron chi connectivity index (χ3n) is 3.70. The number of anilines is 2. The van der Waals surface area contributed by atoms with Crippen LogP contribution >= 0.6 is 0 Å². The molecule has 3 nitrogen and oxygen atoms in total. The molecule has 0 unspecified atom stereocenters. The largest absolute Gasteiger partial charge is 0.399 e. The summed E-state index contributed by atoms with van der Waals surface area (Å²) in [5, 5.41) is 0. The first-order chi connectivity index (χ1) is 9.81. The second-order valence-electron chi connectivity index (χ2n) is 5.18. The Morgan fingerprint density at radius 1 is 0.850 bits per heavy atom. The monoisotopic (exact) mass is 268 g/mol. The van der Waals surface area contributed by atoms with Gasteiger partial charge < -0.3 is 15.4 Å². The van der Waals surface area contributed by atoms with Crippen molar-refractivity contribution in [2.45, 2.75) is 6.42 Å². The fraction of sp³-hybridized carbons (Fsp3) is 0.294. The highest BCUT2D eigenvalue weighted by Gasteiger charge is 2.10. The quantitative estimate of drug-likeness (QED) is 0.870. The Morgan fingerprint density at radius 2 is 1.40 bits per heavy atom. The molecule has 0 aliphatic carbocycles. The zero-order valence-corrected chi connectivity index (χ0v) is 11.6. The minimum Gasteiger partial charge on any atom is -0.399 e. The maximum atomic E-state index is 5.71. The summed E-state index contributed by atoms with van der Waals surface area (Å²) in [6.45, 7) is 3.62. The van der Waals surface area contributed by atoms with Crippen LogP contribution in [0.2, 0.25) is 0 Å². The summed E-state index contributed by atoms with van der Waals surface area (Å²) in [4.78, 5) is 2.37. The molecule has 3 rings (SSSR count). The van der Waals surface area contributed by atoms with Crippen molar-refractivity contribution in [1.82, 2.24) is 0 Å². The van der Waals surface area contributed by atoms with E-state index in [-0.39, 0.29) is 0 Å². The third kappa shape index (κ3) is 3.11. The van der Waals surface area contributed by atoms with Gasteiger partial charge in [-0.15, -0.1) is 0 Å². The van der Waals surface area contributed by atoms with Crippen LogP contribution < -0.4 is 10.6 Å². The maximum absolute atomic E-state index is 5.71. The fourth-order valence-corrected chi connectivity index (χ4v) is 2.52. The van der Waals surface area contributed by atoms with Crippen LogP contribution in [0.15, 0.2) is 48.5 Å². The predicted molar refractivity (Wildman–Crippen MR) is 83.1 cm³/mol. The minimum absolute atomic E-state index is 0.816. The minimum atomic E-state index is 0.816. The smallest absolute Gasteiger partial charge is 0.0642 e. The van der Waals surface area contributed by atoms with Crippen molar-refractivity contribution in [2.75, 3.05) is 36.9 Å². The number of nitrogens with zero attached hydrogens (tertiary/aromatic N) is 1. The van der Waals surface area contributed by atoms with Crippen molar-refractivity contribution in [2.24, 2.45) is 0 Å². The van der Waals surface area contributed by atoms with Gasteiger partial charge in [-0.25, -0.2) is 0 Å². The Labute approximate surface area is 120 Å². The van der Waals surface area contributed by atoms with E-state index < -0.39 is 0 Å². The summed E-state index contributed by atoms with van der Waals surface area (Å²) < 4.78 is 5.38. The number of nitrogen functional groups attached to an aromatic ring is 1. The summed E-state index contributed by atoms with van der Waals surface area (Å²) >= 11 is 0. The Kier molecular flexibility index (Phi) is 3.88. The summed E-state index contributed by atoms with van der Waals surface area (Å²) in [7, 11) is 0. The van der Waals surface area contributed by atoms with Crippen LogP contribution in [0.4, 0.5) is 11.4 Å². The molecule has 2 N–H and O–H groups in total. The molecule has 0 bridgehead atoms. The average Bonchev–Trinajstić information content (AvgIpc) is 2.51. The van der Waals surface area contributed by atoms with Crippen LogP contribution in [0.1, 0.15) is 11.1 Å². The lowest BCUT2D eigenvalue weighted by molar-refractivity contribution is 0.122. The van der Waals surface area contributed by atoms with Crippen LogP contribution in [-0.4, -0.2) is 26.3 Å². The lowest BCUT2D eigenvalue weighted by Gasteiger charge is -2.28. The molecule has 0 radical (unpaired) electrons. The number of hydrogen-bond donors (Lipinski definition) is 1. The summed E-state index contributed by atoms with van der Waals surface area (Å²) in [5.74, 6) is 0. The van der Waals surface area contributed by atoms with Crippen LogP contribution in [0.5, 0.6) is 0 Å². The Bertz CT molecular complexity index is 542. The van der Waals surface area contributed by atoms with Crippen LogP contribution in [0.25, 0.3) is 0 Å². The Hall–Kier alpha value is -2.00. The van der Waals surface area contributed by atoms with E-state index in [0.29, 0.717) is 0 Å². The van der Waals surface area contributed by atoms with Gasteiger partial charge in [0.2, 0.25) is 0 Å². The summed E-state index contributed by atoms with van der Waals surface area (Å²) in [5.41, 5.74) is 10.4. The molecule has 2 aromatic rings. The van der Waals surface area contributed by atoms with Gasteiger partial charge in [0.05, 0.1) is 13.2 Å². The van der Waals surface area contributed by atoms with Crippen LogP contribution in [0.3, 0.4) is 0 Å². The first-order valence-corrected chi connectivity index (χ1v) is 7.07. The van der Waals surface area contributed by atoms with Crippen molar-refractivity contribution in [3.8, 4) is 0 Å².